The number of carbonyl (C=O) groups excluding carboxylic acids is 3. The molecular formula is C21H23N3O6S. The molecule has 0 radical (unpaired) electrons. The number of hydrogen-bond acceptors (Lipinski definition) is 8. The van der Waals surface area contributed by atoms with Gasteiger partial charge in [0.2, 0.25) is 12.7 Å². The van der Waals surface area contributed by atoms with Gasteiger partial charge in [-0.05, 0) is 30.2 Å². The number of anilines is 1. The Morgan fingerprint density at radius 1 is 1.16 bits per heavy atom. The molecule has 10 heteroatoms. The summed E-state index contributed by atoms with van der Waals surface area (Å²) in [4.78, 5) is 40.6. The van der Waals surface area contributed by atoms with Crippen LogP contribution in [0.3, 0.4) is 0 Å². The molecule has 1 aromatic carbocycles. The predicted molar refractivity (Wildman–Crippen MR) is 114 cm³/mol. The molecule has 0 saturated heterocycles. The Bertz CT molecular complexity index is 966. The van der Waals surface area contributed by atoms with Crippen molar-refractivity contribution in [3.8, 4) is 11.5 Å². The van der Waals surface area contributed by atoms with Crippen LogP contribution in [0, 0.1) is 5.92 Å². The summed E-state index contributed by atoms with van der Waals surface area (Å²) in [5.74, 6) is 0.196. The summed E-state index contributed by atoms with van der Waals surface area (Å²) in [6, 6.07) is 8.24. The molecule has 2 amide bonds. The van der Waals surface area contributed by atoms with Crippen LogP contribution < -0.4 is 20.1 Å². The Morgan fingerprint density at radius 3 is 2.77 bits per heavy atom. The highest BCUT2D eigenvalue weighted by atomic mass is 32.2. The maximum atomic E-state index is 12.4. The quantitative estimate of drug-likeness (QED) is 0.447. The van der Waals surface area contributed by atoms with Crippen molar-refractivity contribution in [3.63, 3.8) is 0 Å². The van der Waals surface area contributed by atoms with Gasteiger partial charge in [-0.15, -0.1) is 0 Å². The van der Waals surface area contributed by atoms with Crippen LogP contribution in [0.1, 0.15) is 24.2 Å². The van der Waals surface area contributed by atoms with Crippen LogP contribution in [0.5, 0.6) is 11.5 Å². The van der Waals surface area contributed by atoms with Gasteiger partial charge in [0, 0.05) is 24.5 Å². The molecule has 9 nitrogen and oxygen atoms in total. The van der Waals surface area contributed by atoms with E-state index in [-0.39, 0.29) is 36.5 Å². The van der Waals surface area contributed by atoms with Crippen LogP contribution in [0.25, 0.3) is 0 Å². The first-order valence-electron chi connectivity index (χ1n) is 9.63. The summed E-state index contributed by atoms with van der Waals surface area (Å²) in [7, 11) is 0. The normalized spacial score (nSPS) is 11.8. The first-order chi connectivity index (χ1) is 14.9. The molecule has 164 valence electrons. The van der Waals surface area contributed by atoms with E-state index in [0.717, 1.165) is 11.8 Å². The smallest absolute Gasteiger partial charge is 0.341 e. The number of hydrogen-bond donors (Lipinski definition) is 2. The van der Waals surface area contributed by atoms with Gasteiger partial charge in [0.05, 0.1) is 11.3 Å². The molecule has 0 fully saturated rings. The minimum absolute atomic E-state index is 0.0284. The minimum Gasteiger partial charge on any atom is -0.454 e. The molecule has 2 aromatic rings. The zero-order chi connectivity index (χ0) is 22.2. The number of carbonyl (C=O) groups is 3. The van der Waals surface area contributed by atoms with Crippen molar-refractivity contribution in [2.45, 2.75) is 18.9 Å². The van der Waals surface area contributed by atoms with E-state index in [9.17, 15) is 14.4 Å². The van der Waals surface area contributed by atoms with Gasteiger partial charge < -0.3 is 24.8 Å². The number of amides is 2. The zero-order valence-electron chi connectivity index (χ0n) is 17.2. The lowest BCUT2D eigenvalue weighted by Crippen LogP contribution is -2.31. The van der Waals surface area contributed by atoms with Gasteiger partial charge in [-0.2, -0.15) is 0 Å². The van der Waals surface area contributed by atoms with Crippen LogP contribution in [-0.4, -0.2) is 48.5 Å². The number of thioether (sulfide) groups is 1. The Morgan fingerprint density at radius 2 is 1.97 bits per heavy atom. The second kappa shape index (κ2) is 10.7. The highest BCUT2D eigenvalue weighted by Crippen LogP contribution is 2.34. The predicted octanol–water partition coefficient (Wildman–Crippen LogP) is 2.47. The third kappa shape index (κ3) is 6.61. The fraction of sp³-hybridized carbons (Fsp3) is 0.333. The molecule has 1 aromatic heterocycles. The van der Waals surface area contributed by atoms with Crippen molar-refractivity contribution < 1.29 is 28.6 Å². The SMILES string of the molecule is CC(C)CNC(=O)COC(=O)c1cccnc1SCC(=O)Nc1ccc2c(c1)OCO2. The lowest BCUT2D eigenvalue weighted by Gasteiger charge is -2.10. The third-order valence-corrected chi connectivity index (χ3v) is 5.03. The fourth-order valence-corrected chi connectivity index (χ4v) is 3.33. The number of aromatic nitrogens is 1. The molecule has 0 bridgehead atoms. The maximum Gasteiger partial charge on any atom is 0.341 e. The lowest BCUT2D eigenvalue weighted by molar-refractivity contribution is -0.124. The molecule has 0 unspecified atom stereocenters. The van der Waals surface area contributed by atoms with E-state index in [4.69, 9.17) is 14.2 Å². The van der Waals surface area contributed by atoms with Crippen LogP contribution in [0.2, 0.25) is 0 Å². The second-order valence-electron chi connectivity index (χ2n) is 7.04. The van der Waals surface area contributed by atoms with Crippen molar-refractivity contribution in [1.82, 2.24) is 10.3 Å². The van der Waals surface area contributed by atoms with Crippen molar-refractivity contribution in [3.05, 3.63) is 42.1 Å². The summed E-state index contributed by atoms with van der Waals surface area (Å²) in [5.41, 5.74) is 0.767. The van der Waals surface area contributed by atoms with E-state index in [0.29, 0.717) is 34.7 Å². The molecule has 1 aliphatic heterocycles. The van der Waals surface area contributed by atoms with E-state index in [1.54, 1.807) is 30.3 Å². The first kappa shape index (κ1) is 22.4. The van der Waals surface area contributed by atoms with Gasteiger partial charge in [0.1, 0.15) is 5.03 Å². The molecule has 2 heterocycles. The van der Waals surface area contributed by atoms with E-state index in [2.05, 4.69) is 15.6 Å². The Hall–Kier alpha value is -3.27. The van der Waals surface area contributed by atoms with Gasteiger partial charge in [-0.3, -0.25) is 9.59 Å². The highest BCUT2D eigenvalue weighted by Gasteiger charge is 2.18. The fourth-order valence-electron chi connectivity index (χ4n) is 2.54. The molecule has 0 atom stereocenters. The maximum absolute atomic E-state index is 12.4. The lowest BCUT2D eigenvalue weighted by atomic mass is 10.2. The van der Waals surface area contributed by atoms with Gasteiger partial charge in [-0.25, -0.2) is 9.78 Å². The van der Waals surface area contributed by atoms with Gasteiger partial charge >= 0.3 is 5.97 Å². The van der Waals surface area contributed by atoms with Crippen LogP contribution in [0.15, 0.2) is 41.6 Å². The van der Waals surface area contributed by atoms with Gasteiger partial charge in [0.15, 0.2) is 18.1 Å². The molecule has 0 spiro atoms. The zero-order valence-corrected chi connectivity index (χ0v) is 18.0. The Kier molecular flexibility index (Phi) is 7.71. The third-order valence-electron chi connectivity index (χ3n) is 4.03. The topological polar surface area (TPSA) is 116 Å². The van der Waals surface area contributed by atoms with Gasteiger partial charge in [0.25, 0.3) is 5.91 Å². The number of nitrogens with zero attached hydrogens (tertiary/aromatic N) is 1. The van der Waals surface area contributed by atoms with E-state index >= 15 is 0 Å². The summed E-state index contributed by atoms with van der Waals surface area (Å²) in [6.07, 6.45) is 1.52. The summed E-state index contributed by atoms with van der Waals surface area (Å²) >= 11 is 1.10. The van der Waals surface area contributed by atoms with Crippen LogP contribution in [-0.2, 0) is 14.3 Å². The van der Waals surface area contributed by atoms with Crippen molar-refractivity contribution >= 4 is 35.2 Å². The number of ether oxygens (including phenoxy) is 3. The van der Waals surface area contributed by atoms with Crippen molar-refractivity contribution in [2.75, 3.05) is 31.0 Å². The molecule has 0 saturated carbocycles. The number of benzene rings is 1. The largest absolute Gasteiger partial charge is 0.454 e. The molecule has 1 aliphatic rings. The number of rotatable bonds is 9. The molecular weight excluding hydrogens is 422 g/mol. The van der Waals surface area contributed by atoms with Crippen molar-refractivity contribution in [2.24, 2.45) is 5.92 Å². The summed E-state index contributed by atoms with van der Waals surface area (Å²) in [6.45, 7) is 4.21. The standard InChI is InChI=1S/C21H23N3O6S/c1-13(2)9-23-18(25)10-28-21(27)15-4-3-7-22-20(15)31-11-19(26)24-14-5-6-16-17(8-14)30-12-29-16/h3-8,13H,9-12H2,1-2H3,(H,23,25)(H,24,26). The number of nitrogens with one attached hydrogen (secondary N) is 2. The molecule has 3 rings (SSSR count). The van der Waals surface area contributed by atoms with Crippen LogP contribution >= 0.6 is 11.8 Å². The average Bonchev–Trinajstić information content (AvgIpc) is 3.22. The minimum atomic E-state index is -0.675. The first-order valence-corrected chi connectivity index (χ1v) is 10.6. The average molecular weight is 445 g/mol. The second-order valence-corrected chi connectivity index (χ2v) is 8.00. The number of esters is 1. The van der Waals surface area contributed by atoms with E-state index in [1.807, 2.05) is 13.8 Å². The van der Waals surface area contributed by atoms with E-state index in [1.165, 1.54) is 6.20 Å². The van der Waals surface area contributed by atoms with Crippen molar-refractivity contribution in [1.29, 1.82) is 0 Å². The molecule has 0 aliphatic carbocycles. The Balaban J connectivity index is 1.52. The summed E-state index contributed by atoms with van der Waals surface area (Å²) < 4.78 is 15.6. The number of pyridine rings is 1. The highest BCUT2D eigenvalue weighted by molar-refractivity contribution is 8.00. The Labute approximate surface area is 183 Å². The molecule has 31 heavy (non-hydrogen) atoms. The number of fused-ring (bicyclic) bond motifs is 1. The van der Waals surface area contributed by atoms with Crippen LogP contribution in [0.4, 0.5) is 5.69 Å². The van der Waals surface area contributed by atoms with E-state index < -0.39 is 5.97 Å². The summed E-state index contributed by atoms with van der Waals surface area (Å²) in [5, 5.41) is 5.78. The van der Waals surface area contributed by atoms with Gasteiger partial charge in [-0.1, -0.05) is 25.6 Å². The molecule has 2 N–H and O–H groups in total. The monoisotopic (exact) mass is 445 g/mol.